The Morgan fingerprint density at radius 1 is 1.00 bits per heavy atom. The van der Waals surface area contributed by atoms with Gasteiger partial charge in [-0.25, -0.2) is 4.98 Å². The zero-order valence-corrected chi connectivity index (χ0v) is 13.3. The number of nitrogens with zero attached hydrogens (tertiary/aromatic N) is 1. The lowest BCUT2D eigenvalue weighted by molar-refractivity contribution is 1.22. The molecule has 1 N–H and O–H groups in total. The Balaban J connectivity index is 1.75. The van der Waals surface area contributed by atoms with Crippen LogP contribution in [-0.4, -0.2) is 4.98 Å². The molecule has 1 aromatic heterocycles. The van der Waals surface area contributed by atoms with E-state index in [-0.39, 0.29) is 0 Å². The molecular weight excluding hydrogens is 323 g/mol. The molecule has 0 bridgehead atoms. The summed E-state index contributed by atoms with van der Waals surface area (Å²) in [7, 11) is 0. The van der Waals surface area contributed by atoms with Crippen LogP contribution in [0.1, 0.15) is 10.4 Å². The van der Waals surface area contributed by atoms with Gasteiger partial charge in [0.15, 0.2) is 5.13 Å². The van der Waals surface area contributed by atoms with Crippen LogP contribution in [0.3, 0.4) is 0 Å². The highest BCUT2D eigenvalue weighted by Gasteiger charge is 2.08. The SMILES string of the molecule is Clc1cccc(Cc2cnc(Nc3ccccc3)s2)c1Cl. The lowest BCUT2D eigenvalue weighted by Gasteiger charge is -2.03. The van der Waals surface area contributed by atoms with Gasteiger partial charge in [-0.3, -0.25) is 0 Å². The van der Waals surface area contributed by atoms with Gasteiger partial charge in [0.2, 0.25) is 0 Å². The summed E-state index contributed by atoms with van der Waals surface area (Å²) in [4.78, 5) is 5.53. The molecule has 1 heterocycles. The molecule has 2 aromatic carbocycles. The number of aromatic nitrogens is 1. The van der Waals surface area contributed by atoms with Gasteiger partial charge in [-0.2, -0.15) is 0 Å². The molecule has 0 aliphatic heterocycles. The van der Waals surface area contributed by atoms with Crippen LogP contribution in [-0.2, 0) is 6.42 Å². The molecule has 0 unspecified atom stereocenters. The largest absolute Gasteiger partial charge is 0.332 e. The van der Waals surface area contributed by atoms with E-state index in [0.29, 0.717) is 10.0 Å². The molecule has 106 valence electrons. The average Bonchev–Trinajstić information content (AvgIpc) is 2.92. The van der Waals surface area contributed by atoms with Crippen LogP contribution in [0.15, 0.2) is 54.7 Å². The van der Waals surface area contributed by atoms with Gasteiger partial charge in [-0.1, -0.05) is 53.5 Å². The molecule has 2 nitrogen and oxygen atoms in total. The molecular formula is C16H12Cl2N2S. The molecule has 0 atom stereocenters. The standard InChI is InChI=1S/C16H12Cl2N2S/c17-14-8-4-5-11(15(14)18)9-13-10-19-16(21-13)20-12-6-2-1-3-7-12/h1-8,10H,9H2,(H,19,20). The zero-order chi connectivity index (χ0) is 14.7. The van der Waals surface area contributed by atoms with E-state index in [1.54, 1.807) is 17.4 Å². The van der Waals surface area contributed by atoms with Crippen molar-refractivity contribution in [1.82, 2.24) is 4.98 Å². The number of hydrogen-bond acceptors (Lipinski definition) is 3. The normalized spacial score (nSPS) is 10.6. The molecule has 0 spiro atoms. The first kappa shape index (κ1) is 14.4. The second-order valence-electron chi connectivity index (χ2n) is 4.51. The Bertz CT molecular complexity index is 741. The van der Waals surface area contributed by atoms with E-state index in [1.165, 1.54) is 0 Å². The van der Waals surface area contributed by atoms with Crippen molar-refractivity contribution in [3.8, 4) is 0 Å². The van der Waals surface area contributed by atoms with Crippen LogP contribution >= 0.6 is 34.5 Å². The number of rotatable bonds is 4. The Morgan fingerprint density at radius 3 is 2.62 bits per heavy atom. The number of anilines is 2. The highest BCUT2D eigenvalue weighted by molar-refractivity contribution is 7.15. The van der Waals surface area contributed by atoms with Crippen LogP contribution in [0.5, 0.6) is 0 Å². The summed E-state index contributed by atoms with van der Waals surface area (Å²) in [5, 5.41) is 5.35. The maximum Gasteiger partial charge on any atom is 0.187 e. The fourth-order valence-electron chi connectivity index (χ4n) is 1.96. The second kappa shape index (κ2) is 6.48. The second-order valence-corrected chi connectivity index (χ2v) is 6.41. The van der Waals surface area contributed by atoms with E-state index in [2.05, 4.69) is 10.3 Å². The maximum absolute atomic E-state index is 6.22. The van der Waals surface area contributed by atoms with Crippen molar-refractivity contribution in [3.05, 3.63) is 75.2 Å². The van der Waals surface area contributed by atoms with Crippen molar-refractivity contribution < 1.29 is 0 Å². The van der Waals surface area contributed by atoms with Gasteiger partial charge in [0.1, 0.15) is 0 Å². The third-order valence-electron chi connectivity index (χ3n) is 2.97. The molecule has 0 saturated heterocycles. The molecule has 3 rings (SSSR count). The molecule has 0 radical (unpaired) electrons. The van der Waals surface area contributed by atoms with Crippen molar-refractivity contribution in [2.75, 3.05) is 5.32 Å². The zero-order valence-electron chi connectivity index (χ0n) is 11.0. The van der Waals surface area contributed by atoms with Crippen LogP contribution in [0.25, 0.3) is 0 Å². The summed E-state index contributed by atoms with van der Waals surface area (Å²) < 4.78 is 0. The molecule has 0 aliphatic carbocycles. The van der Waals surface area contributed by atoms with Crippen molar-refractivity contribution in [3.63, 3.8) is 0 Å². The molecule has 0 aliphatic rings. The molecule has 3 aromatic rings. The summed E-state index contributed by atoms with van der Waals surface area (Å²) in [5.74, 6) is 0. The van der Waals surface area contributed by atoms with E-state index in [4.69, 9.17) is 23.2 Å². The summed E-state index contributed by atoms with van der Waals surface area (Å²) in [6.45, 7) is 0. The smallest absolute Gasteiger partial charge is 0.187 e. The Hall–Kier alpha value is -1.55. The van der Waals surface area contributed by atoms with Gasteiger partial charge >= 0.3 is 0 Å². The van der Waals surface area contributed by atoms with Crippen molar-refractivity contribution in [2.24, 2.45) is 0 Å². The third kappa shape index (κ3) is 3.56. The van der Waals surface area contributed by atoms with Crippen molar-refractivity contribution in [1.29, 1.82) is 0 Å². The number of halogens is 2. The summed E-state index contributed by atoms with van der Waals surface area (Å²) in [5.41, 5.74) is 2.04. The van der Waals surface area contributed by atoms with Gasteiger partial charge in [0.25, 0.3) is 0 Å². The quantitative estimate of drug-likeness (QED) is 0.653. The number of hydrogen-bond donors (Lipinski definition) is 1. The molecule has 0 saturated carbocycles. The lowest BCUT2D eigenvalue weighted by Crippen LogP contribution is -1.87. The van der Waals surface area contributed by atoms with E-state index in [1.807, 2.05) is 48.7 Å². The highest BCUT2D eigenvalue weighted by atomic mass is 35.5. The minimum Gasteiger partial charge on any atom is -0.332 e. The minimum absolute atomic E-state index is 0.585. The molecule has 0 amide bonds. The van der Waals surface area contributed by atoms with E-state index in [0.717, 1.165) is 27.7 Å². The fourth-order valence-corrected chi connectivity index (χ4v) is 3.21. The van der Waals surface area contributed by atoms with Gasteiger partial charge in [-0.05, 0) is 23.8 Å². The van der Waals surface area contributed by atoms with E-state index >= 15 is 0 Å². The predicted octanol–water partition coefficient (Wildman–Crippen LogP) is 5.78. The summed E-state index contributed by atoms with van der Waals surface area (Å²) >= 11 is 13.9. The first-order valence-electron chi connectivity index (χ1n) is 6.42. The van der Waals surface area contributed by atoms with Crippen LogP contribution in [0, 0.1) is 0 Å². The van der Waals surface area contributed by atoms with Crippen LogP contribution in [0.4, 0.5) is 10.8 Å². The van der Waals surface area contributed by atoms with Crippen molar-refractivity contribution in [2.45, 2.75) is 6.42 Å². The first-order chi connectivity index (χ1) is 10.2. The monoisotopic (exact) mass is 334 g/mol. The molecule has 0 fully saturated rings. The van der Waals surface area contributed by atoms with Gasteiger partial charge in [-0.15, -0.1) is 11.3 Å². The Kier molecular flexibility index (Phi) is 4.44. The first-order valence-corrected chi connectivity index (χ1v) is 7.99. The number of para-hydroxylation sites is 1. The minimum atomic E-state index is 0.585. The lowest BCUT2D eigenvalue weighted by atomic mass is 10.1. The van der Waals surface area contributed by atoms with E-state index in [9.17, 15) is 0 Å². The van der Waals surface area contributed by atoms with Gasteiger partial charge < -0.3 is 5.32 Å². The van der Waals surface area contributed by atoms with Crippen LogP contribution < -0.4 is 5.32 Å². The van der Waals surface area contributed by atoms with Crippen LogP contribution in [0.2, 0.25) is 10.0 Å². The summed E-state index contributed by atoms with van der Waals surface area (Å²) in [6, 6.07) is 15.7. The maximum atomic E-state index is 6.22. The number of benzene rings is 2. The number of thiazole rings is 1. The van der Waals surface area contributed by atoms with E-state index < -0.39 is 0 Å². The van der Waals surface area contributed by atoms with Crippen molar-refractivity contribution >= 4 is 45.4 Å². The third-order valence-corrected chi connectivity index (χ3v) is 4.75. The average molecular weight is 335 g/mol. The molecule has 5 heteroatoms. The Labute approximate surface area is 137 Å². The van der Waals surface area contributed by atoms with Gasteiger partial charge in [0, 0.05) is 23.2 Å². The van der Waals surface area contributed by atoms with Gasteiger partial charge in [0.05, 0.1) is 10.0 Å². The number of nitrogens with one attached hydrogen (secondary N) is 1. The Morgan fingerprint density at radius 2 is 1.81 bits per heavy atom. The molecule has 21 heavy (non-hydrogen) atoms. The highest BCUT2D eigenvalue weighted by Crippen LogP contribution is 2.30. The summed E-state index contributed by atoms with van der Waals surface area (Å²) in [6.07, 6.45) is 2.60. The topological polar surface area (TPSA) is 24.9 Å². The fraction of sp³-hybridized carbons (Fsp3) is 0.0625. The predicted molar refractivity (Wildman–Crippen MR) is 91.1 cm³/mol.